The van der Waals surface area contributed by atoms with E-state index in [1.807, 2.05) is 12.2 Å². The number of nitrogens with zero attached hydrogens (tertiary/aromatic N) is 3. The number of aryl methyl sites for hydroxylation is 1. The van der Waals surface area contributed by atoms with Crippen LogP contribution in [0.4, 0.5) is 5.69 Å². The minimum atomic E-state index is 0.116. The highest BCUT2D eigenvalue weighted by Crippen LogP contribution is 2.51. The first kappa shape index (κ1) is 40.9. The molecule has 1 aromatic heterocycles. The van der Waals surface area contributed by atoms with Crippen LogP contribution in [0.25, 0.3) is 44.7 Å². The Morgan fingerprint density at radius 3 is 2.42 bits per heavy atom. The van der Waals surface area contributed by atoms with Crippen LogP contribution in [0.1, 0.15) is 55.8 Å². The van der Waals surface area contributed by atoms with Crippen molar-refractivity contribution >= 4 is 45.0 Å². The summed E-state index contributed by atoms with van der Waals surface area (Å²) in [6.45, 7) is 13.7. The lowest BCUT2D eigenvalue weighted by molar-refractivity contribution is 0.602. The number of aliphatic imine (C=N–C) groups is 1. The molecule has 64 heavy (non-hydrogen) atoms. The quantitative estimate of drug-likeness (QED) is 0.121. The second kappa shape index (κ2) is 17.5. The Kier molecular flexibility index (Phi) is 11.2. The van der Waals surface area contributed by atoms with Crippen LogP contribution in [0, 0.1) is 11.8 Å². The number of benzene rings is 3. The fraction of sp³-hybridized carbons (Fsp3) is 0.183. The maximum Gasteiger partial charge on any atom is 0.131 e. The Balaban J connectivity index is 1.07. The molecule has 0 bridgehead atoms. The SMILES string of the molecule is C=C/C=C\CCCN1c2c(cc(-c3ccc4c5c(n(C(=C)/N=C6/C=CC=C/C6=C(/N)C6=CC=C(C(/C=C\C)=C/C)C7C=CC=CC67)c4c3)C=CCC5)c3ccccc23)C2C=CC=CC21. The predicted octanol–water partition coefficient (Wildman–Crippen LogP) is 14.3. The first-order valence-corrected chi connectivity index (χ1v) is 23.0. The van der Waals surface area contributed by atoms with Crippen molar-refractivity contribution in [2.45, 2.75) is 51.5 Å². The van der Waals surface area contributed by atoms with E-state index in [1.165, 1.54) is 55.2 Å². The second-order valence-electron chi connectivity index (χ2n) is 17.3. The summed E-state index contributed by atoms with van der Waals surface area (Å²) in [6.07, 6.45) is 52.1. The molecule has 0 saturated carbocycles. The van der Waals surface area contributed by atoms with Crippen molar-refractivity contribution in [1.29, 1.82) is 0 Å². The molecule has 0 radical (unpaired) electrons. The number of anilines is 1. The molecule has 10 rings (SSSR count). The molecule has 4 heteroatoms. The van der Waals surface area contributed by atoms with Crippen molar-refractivity contribution in [2.24, 2.45) is 22.6 Å². The third kappa shape index (κ3) is 7.08. The largest absolute Gasteiger partial charge is 0.398 e. The minimum absolute atomic E-state index is 0.116. The van der Waals surface area contributed by atoms with Crippen LogP contribution >= 0.6 is 0 Å². The van der Waals surface area contributed by atoms with Gasteiger partial charge in [-0.15, -0.1) is 0 Å². The molecule has 4 nitrogen and oxygen atoms in total. The Bertz CT molecular complexity index is 3050. The molecule has 4 atom stereocenters. The molecule has 0 fully saturated rings. The van der Waals surface area contributed by atoms with Gasteiger partial charge in [0.15, 0.2) is 0 Å². The van der Waals surface area contributed by atoms with Crippen LogP contribution in [-0.4, -0.2) is 22.9 Å². The van der Waals surface area contributed by atoms with E-state index in [1.54, 1.807) is 0 Å². The molecule has 5 aliphatic carbocycles. The van der Waals surface area contributed by atoms with Crippen LogP contribution in [0.5, 0.6) is 0 Å². The average molecular weight is 833 g/mol. The number of hydrogen-bond donors (Lipinski definition) is 1. The van der Waals surface area contributed by atoms with Gasteiger partial charge in [-0.2, -0.15) is 0 Å². The van der Waals surface area contributed by atoms with E-state index in [4.69, 9.17) is 17.3 Å². The van der Waals surface area contributed by atoms with Gasteiger partial charge in [-0.05, 0) is 108 Å². The van der Waals surface area contributed by atoms with E-state index in [-0.39, 0.29) is 11.8 Å². The van der Waals surface area contributed by atoms with Gasteiger partial charge < -0.3 is 10.6 Å². The molecule has 1 aliphatic heterocycles. The Morgan fingerprint density at radius 1 is 0.844 bits per heavy atom. The molecular weight excluding hydrogens is 777 g/mol. The van der Waals surface area contributed by atoms with Gasteiger partial charge in [-0.1, -0.05) is 171 Å². The molecule has 0 amide bonds. The summed E-state index contributed by atoms with van der Waals surface area (Å²) in [6, 6.07) is 18.8. The smallest absolute Gasteiger partial charge is 0.131 e. The van der Waals surface area contributed by atoms with Crippen molar-refractivity contribution in [2.75, 3.05) is 11.4 Å². The monoisotopic (exact) mass is 832 g/mol. The highest BCUT2D eigenvalue weighted by molar-refractivity contribution is 6.14. The normalized spacial score (nSPS) is 23.3. The van der Waals surface area contributed by atoms with Crippen molar-refractivity contribution in [3.63, 3.8) is 0 Å². The van der Waals surface area contributed by atoms with Crippen molar-refractivity contribution in [3.05, 3.63) is 234 Å². The van der Waals surface area contributed by atoms with Crippen LogP contribution in [0.15, 0.2) is 222 Å². The van der Waals surface area contributed by atoms with Crippen LogP contribution in [0.2, 0.25) is 0 Å². The zero-order valence-electron chi connectivity index (χ0n) is 37.0. The van der Waals surface area contributed by atoms with Gasteiger partial charge in [0.2, 0.25) is 0 Å². The van der Waals surface area contributed by atoms with Crippen molar-refractivity contribution in [1.82, 2.24) is 4.57 Å². The molecular formula is C60H56N4. The molecule has 2 heterocycles. The first-order valence-electron chi connectivity index (χ1n) is 23.0. The van der Waals surface area contributed by atoms with Gasteiger partial charge in [0.1, 0.15) is 5.82 Å². The summed E-state index contributed by atoms with van der Waals surface area (Å²) in [4.78, 5) is 8.02. The summed E-state index contributed by atoms with van der Waals surface area (Å²) in [7, 11) is 0. The van der Waals surface area contributed by atoms with Gasteiger partial charge in [0, 0.05) is 52.0 Å². The minimum Gasteiger partial charge on any atom is -0.398 e. The zero-order chi connectivity index (χ0) is 43.7. The fourth-order valence-electron chi connectivity index (χ4n) is 10.9. The number of nitrogens with two attached hydrogens (primary N) is 1. The maximum absolute atomic E-state index is 7.25. The average Bonchev–Trinajstić information content (AvgIpc) is 3.85. The fourth-order valence-corrected chi connectivity index (χ4v) is 10.9. The highest BCUT2D eigenvalue weighted by atomic mass is 15.2. The predicted molar refractivity (Wildman–Crippen MR) is 275 cm³/mol. The summed E-state index contributed by atoms with van der Waals surface area (Å²) >= 11 is 0. The highest BCUT2D eigenvalue weighted by Gasteiger charge is 2.38. The third-order valence-corrected chi connectivity index (χ3v) is 13.8. The lowest BCUT2D eigenvalue weighted by atomic mass is 9.71. The van der Waals surface area contributed by atoms with Gasteiger partial charge >= 0.3 is 0 Å². The molecule has 0 saturated heterocycles. The topological polar surface area (TPSA) is 46.5 Å². The molecule has 0 spiro atoms. The van der Waals surface area contributed by atoms with Crippen LogP contribution in [0.3, 0.4) is 0 Å². The Morgan fingerprint density at radius 2 is 1.61 bits per heavy atom. The van der Waals surface area contributed by atoms with E-state index in [9.17, 15) is 0 Å². The molecule has 4 unspecified atom stereocenters. The van der Waals surface area contributed by atoms with Gasteiger partial charge in [0.25, 0.3) is 0 Å². The van der Waals surface area contributed by atoms with E-state index >= 15 is 0 Å². The first-order chi connectivity index (χ1) is 31.5. The Hall–Kier alpha value is -7.17. The third-order valence-electron chi connectivity index (χ3n) is 13.8. The number of hydrogen-bond acceptors (Lipinski definition) is 3. The number of fused-ring (bicyclic) bond motifs is 9. The lowest BCUT2D eigenvalue weighted by Gasteiger charge is -2.33. The number of rotatable bonds is 11. The van der Waals surface area contributed by atoms with Gasteiger partial charge in [0.05, 0.1) is 23.0 Å². The number of aromatic nitrogens is 1. The van der Waals surface area contributed by atoms with E-state index in [0.717, 1.165) is 66.0 Å². The molecule has 4 aromatic rings. The van der Waals surface area contributed by atoms with Gasteiger partial charge in [-0.3, -0.25) is 4.57 Å². The van der Waals surface area contributed by atoms with Crippen molar-refractivity contribution in [3.8, 4) is 11.1 Å². The van der Waals surface area contributed by atoms with E-state index in [2.05, 4.69) is 200 Å². The lowest BCUT2D eigenvalue weighted by Crippen LogP contribution is -2.33. The molecule has 3 aromatic carbocycles. The standard InChI is InChI=1S/C60H56N4/c1-5-8-9-10-21-37-63-56-31-19-16-27-48(56)54-39-53(46-25-13-14-28-51(46)60(54)63)42-33-34-49-47-26-17-20-32-57(47)64(58(49)38-42)40(4)62-55-30-18-15-29-52(55)59(61)50-36-35-43(41(7-3)22-6-2)44-23-11-12-24-45(44)50/h5-9,11-16,18-20,22-25,27-36,38-39,44-45,48,56H,1,4,10,17,21,26,37,61H2,2-3H3/b9-8-,22-6-,41-7+,59-52-,62-55-. The molecule has 316 valence electrons. The van der Waals surface area contributed by atoms with E-state index in [0.29, 0.717) is 17.8 Å². The molecule has 6 aliphatic rings. The van der Waals surface area contributed by atoms with Crippen molar-refractivity contribution < 1.29 is 0 Å². The van der Waals surface area contributed by atoms with Crippen LogP contribution in [-0.2, 0) is 6.42 Å². The second-order valence-corrected chi connectivity index (χ2v) is 17.3. The number of allylic oxidation sites excluding steroid dienone is 23. The summed E-state index contributed by atoms with van der Waals surface area (Å²) < 4.78 is 2.28. The summed E-state index contributed by atoms with van der Waals surface area (Å²) in [5, 5.41) is 3.82. The van der Waals surface area contributed by atoms with E-state index < -0.39 is 0 Å². The maximum atomic E-state index is 7.25. The number of unbranched alkanes of at least 4 members (excludes halogenated alkanes) is 1. The van der Waals surface area contributed by atoms with Crippen LogP contribution < -0.4 is 10.6 Å². The summed E-state index contributed by atoms with van der Waals surface area (Å²) in [5.74, 6) is 1.27. The van der Waals surface area contributed by atoms with Gasteiger partial charge in [-0.25, -0.2) is 4.99 Å². The Labute approximate surface area is 378 Å². The zero-order valence-corrected chi connectivity index (χ0v) is 37.0. The molecule has 2 N–H and O–H groups in total. The summed E-state index contributed by atoms with van der Waals surface area (Å²) in [5.41, 5.74) is 22.2.